The summed E-state index contributed by atoms with van der Waals surface area (Å²) in [4.78, 5) is 23.1. The van der Waals surface area contributed by atoms with E-state index >= 15 is 0 Å². The highest BCUT2D eigenvalue weighted by Crippen LogP contribution is 2.24. The molecule has 2 aromatic rings. The second-order valence-corrected chi connectivity index (χ2v) is 6.47. The predicted molar refractivity (Wildman–Crippen MR) is 97.0 cm³/mol. The van der Waals surface area contributed by atoms with Crippen LogP contribution in [0.3, 0.4) is 0 Å². The number of aryl methyl sites for hydroxylation is 2. The molecule has 130 valence electrons. The van der Waals surface area contributed by atoms with E-state index in [2.05, 4.69) is 23.5 Å². The van der Waals surface area contributed by atoms with Crippen molar-refractivity contribution in [2.45, 2.75) is 38.6 Å². The summed E-state index contributed by atoms with van der Waals surface area (Å²) in [5.41, 5.74) is 4.39. The van der Waals surface area contributed by atoms with E-state index in [4.69, 9.17) is 4.74 Å². The smallest absolute Gasteiger partial charge is 0.258 e. The number of rotatable bonds is 6. The molecule has 4 heteroatoms. The molecular weight excluding hydrogens is 314 g/mol. The SMILES string of the molecule is C[C@H](NC(=O)COc1ccccc1C=O)c1ccc2c(c1)CCCC2. The molecule has 0 radical (unpaired) electrons. The lowest BCUT2D eigenvalue weighted by molar-refractivity contribution is -0.123. The third-order valence-electron chi connectivity index (χ3n) is 4.65. The van der Waals surface area contributed by atoms with Crippen LogP contribution in [0.15, 0.2) is 42.5 Å². The van der Waals surface area contributed by atoms with Crippen LogP contribution in [-0.2, 0) is 17.6 Å². The minimum absolute atomic E-state index is 0.0790. The number of hydrogen-bond donors (Lipinski definition) is 1. The molecule has 1 aliphatic carbocycles. The Morgan fingerprint density at radius 3 is 2.72 bits per heavy atom. The van der Waals surface area contributed by atoms with Crippen molar-refractivity contribution in [2.24, 2.45) is 0 Å². The van der Waals surface area contributed by atoms with Crippen molar-refractivity contribution in [1.82, 2.24) is 5.32 Å². The maximum Gasteiger partial charge on any atom is 0.258 e. The minimum atomic E-state index is -0.203. The maximum atomic E-state index is 12.2. The summed E-state index contributed by atoms with van der Waals surface area (Å²) in [7, 11) is 0. The highest BCUT2D eigenvalue weighted by Gasteiger charge is 2.14. The monoisotopic (exact) mass is 337 g/mol. The number of nitrogens with one attached hydrogen (secondary N) is 1. The Hall–Kier alpha value is -2.62. The van der Waals surface area contributed by atoms with Crippen molar-refractivity contribution in [3.8, 4) is 5.75 Å². The molecule has 4 nitrogen and oxygen atoms in total. The molecule has 0 fully saturated rings. The Morgan fingerprint density at radius 2 is 1.92 bits per heavy atom. The van der Waals surface area contributed by atoms with Crippen molar-refractivity contribution >= 4 is 12.2 Å². The van der Waals surface area contributed by atoms with Gasteiger partial charge < -0.3 is 10.1 Å². The number of ether oxygens (including phenoxy) is 1. The molecule has 0 spiro atoms. The van der Waals surface area contributed by atoms with Crippen molar-refractivity contribution in [1.29, 1.82) is 0 Å². The first kappa shape index (κ1) is 17.2. The fraction of sp³-hybridized carbons (Fsp3) is 0.333. The van der Waals surface area contributed by atoms with Gasteiger partial charge in [0.1, 0.15) is 5.75 Å². The van der Waals surface area contributed by atoms with Crippen molar-refractivity contribution in [3.63, 3.8) is 0 Å². The lowest BCUT2D eigenvalue weighted by Gasteiger charge is -2.20. The normalized spacial score (nSPS) is 14.3. The van der Waals surface area contributed by atoms with Crippen LogP contribution in [-0.4, -0.2) is 18.8 Å². The van der Waals surface area contributed by atoms with Crippen LogP contribution in [0.5, 0.6) is 5.75 Å². The van der Waals surface area contributed by atoms with Crippen molar-refractivity contribution in [2.75, 3.05) is 6.61 Å². The van der Waals surface area contributed by atoms with E-state index in [0.717, 1.165) is 24.7 Å². The van der Waals surface area contributed by atoms with Gasteiger partial charge in [0, 0.05) is 0 Å². The topological polar surface area (TPSA) is 55.4 Å². The summed E-state index contributed by atoms with van der Waals surface area (Å²) >= 11 is 0. The summed E-state index contributed by atoms with van der Waals surface area (Å²) in [6, 6.07) is 13.3. The number of benzene rings is 2. The van der Waals surface area contributed by atoms with Gasteiger partial charge in [-0.2, -0.15) is 0 Å². The standard InChI is InChI=1S/C21H23NO3/c1-15(17-11-10-16-6-2-3-7-18(16)12-17)22-21(24)14-25-20-9-5-4-8-19(20)13-23/h4-5,8-13,15H,2-3,6-7,14H2,1H3,(H,22,24)/t15-/m0/s1. The molecule has 0 aliphatic heterocycles. The van der Waals surface area contributed by atoms with E-state index in [-0.39, 0.29) is 18.6 Å². The first-order valence-electron chi connectivity index (χ1n) is 8.75. The summed E-state index contributed by atoms with van der Waals surface area (Å²) in [5.74, 6) is 0.222. The number of carbonyl (C=O) groups excluding carboxylic acids is 2. The van der Waals surface area contributed by atoms with E-state index in [1.807, 2.05) is 6.92 Å². The van der Waals surface area contributed by atoms with E-state index in [0.29, 0.717) is 11.3 Å². The summed E-state index contributed by atoms with van der Waals surface area (Å²) < 4.78 is 5.47. The van der Waals surface area contributed by atoms with Crippen LogP contribution in [0.4, 0.5) is 0 Å². The lowest BCUT2D eigenvalue weighted by atomic mass is 9.89. The van der Waals surface area contributed by atoms with Crippen LogP contribution in [0.25, 0.3) is 0 Å². The van der Waals surface area contributed by atoms with Gasteiger partial charge in [0.2, 0.25) is 0 Å². The van der Waals surface area contributed by atoms with Gasteiger partial charge in [0.05, 0.1) is 11.6 Å². The molecule has 3 rings (SSSR count). The lowest BCUT2D eigenvalue weighted by Crippen LogP contribution is -2.31. The van der Waals surface area contributed by atoms with Crippen molar-refractivity contribution < 1.29 is 14.3 Å². The molecule has 0 saturated heterocycles. The summed E-state index contributed by atoms with van der Waals surface area (Å²) in [6.45, 7) is 1.86. The second-order valence-electron chi connectivity index (χ2n) is 6.47. The molecule has 2 aromatic carbocycles. The first-order valence-corrected chi connectivity index (χ1v) is 8.75. The van der Waals surface area contributed by atoms with Gasteiger partial charge in [-0.25, -0.2) is 0 Å². The fourth-order valence-electron chi connectivity index (χ4n) is 3.24. The average molecular weight is 337 g/mol. The minimum Gasteiger partial charge on any atom is -0.483 e. The first-order chi connectivity index (χ1) is 12.2. The number of para-hydroxylation sites is 1. The average Bonchev–Trinajstić information content (AvgIpc) is 2.66. The van der Waals surface area contributed by atoms with Crippen molar-refractivity contribution in [3.05, 3.63) is 64.7 Å². The molecule has 1 atom stereocenters. The largest absolute Gasteiger partial charge is 0.483 e. The predicted octanol–water partition coefficient (Wildman–Crippen LogP) is 3.63. The second kappa shape index (κ2) is 7.97. The molecule has 0 bridgehead atoms. The Morgan fingerprint density at radius 1 is 1.16 bits per heavy atom. The van der Waals surface area contributed by atoms with Crippen LogP contribution in [0.2, 0.25) is 0 Å². The Kier molecular flexibility index (Phi) is 5.49. The molecule has 0 saturated carbocycles. The molecule has 1 amide bonds. The maximum absolute atomic E-state index is 12.2. The van der Waals surface area contributed by atoms with Crippen LogP contribution in [0, 0.1) is 0 Å². The third-order valence-corrected chi connectivity index (χ3v) is 4.65. The Bertz CT molecular complexity index is 769. The number of aldehydes is 1. The van der Waals surface area contributed by atoms with Crippen LogP contribution in [0.1, 0.15) is 52.9 Å². The summed E-state index contributed by atoms with van der Waals surface area (Å²) in [6.07, 6.45) is 5.50. The number of hydrogen-bond acceptors (Lipinski definition) is 3. The van der Waals surface area contributed by atoms with Gasteiger partial charge in [-0.3, -0.25) is 9.59 Å². The molecule has 0 unspecified atom stereocenters. The van der Waals surface area contributed by atoms with Gasteiger partial charge in [0.25, 0.3) is 5.91 Å². The zero-order chi connectivity index (χ0) is 17.6. The zero-order valence-corrected chi connectivity index (χ0v) is 14.5. The van der Waals surface area contributed by atoms with Crippen LogP contribution >= 0.6 is 0 Å². The number of amides is 1. The van der Waals surface area contributed by atoms with Gasteiger partial charge in [0.15, 0.2) is 12.9 Å². The van der Waals surface area contributed by atoms with Gasteiger partial charge in [-0.15, -0.1) is 0 Å². The molecular formula is C21H23NO3. The quantitative estimate of drug-likeness (QED) is 0.819. The van der Waals surface area contributed by atoms with Gasteiger partial charge in [-0.1, -0.05) is 30.3 Å². The molecule has 1 N–H and O–H groups in total. The highest BCUT2D eigenvalue weighted by atomic mass is 16.5. The Labute approximate surface area is 148 Å². The number of fused-ring (bicyclic) bond motifs is 1. The van der Waals surface area contributed by atoms with Crippen LogP contribution < -0.4 is 10.1 Å². The van der Waals surface area contributed by atoms with E-state index in [1.54, 1.807) is 24.3 Å². The van der Waals surface area contributed by atoms with E-state index in [1.165, 1.54) is 24.0 Å². The molecule has 1 aliphatic rings. The molecule has 0 heterocycles. The third kappa shape index (κ3) is 4.27. The van der Waals surface area contributed by atoms with E-state index < -0.39 is 0 Å². The van der Waals surface area contributed by atoms with Gasteiger partial charge >= 0.3 is 0 Å². The summed E-state index contributed by atoms with van der Waals surface area (Å²) in [5, 5.41) is 2.96. The number of carbonyl (C=O) groups is 2. The zero-order valence-electron chi connectivity index (χ0n) is 14.5. The van der Waals surface area contributed by atoms with Gasteiger partial charge in [-0.05, 0) is 61.4 Å². The Balaban J connectivity index is 1.58. The molecule has 0 aromatic heterocycles. The fourth-order valence-corrected chi connectivity index (χ4v) is 3.24. The molecule has 25 heavy (non-hydrogen) atoms. The van der Waals surface area contributed by atoms with E-state index in [9.17, 15) is 9.59 Å². The highest BCUT2D eigenvalue weighted by molar-refractivity contribution is 5.81.